The van der Waals surface area contributed by atoms with Crippen molar-refractivity contribution in [3.63, 3.8) is 0 Å². The second kappa shape index (κ2) is 8.28. The first-order valence-electron chi connectivity index (χ1n) is 8.29. The number of nitrogens with zero attached hydrogens (tertiary/aromatic N) is 1. The molecule has 1 atom stereocenters. The summed E-state index contributed by atoms with van der Waals surface area (Å²) in [4.78, 5) is 12.4. The van der Waals surface area contributed by atoms with Gasteiger partial charge < -0.3 is 5.32 Å². The summed E-state index contributed by atoms with van der Waals surface area (Å²) in [5.74, 6) is 0.492. The predicted octanol–water partition coefficient (Wildman–Crippen LogP) is 1.32. The molecule has 2 rings (SSSR count). The van der Waals surface area contributed by atoms with E-state index in [1.165, 1.54) is 47.3 Å². The Kier molecular flexibility index (Phi) is 6.75. The maximum absolute atomic E-state index is 12.9. The van der Waals surface area contributed by atoms with Crippen LogP contribution < -0.4 is 5.32 Å². The molecule has 1 amide bonds. The van der Waals surface area contributed by atoms with E-state index in [4.69, 9.17) is 0 Å². The van der Waals surface area contributed by atoms with Crippen LogP contribution in [-0.4, -0.2) is 57.0 Å². The van der Waals surface area contributed by atoms with E-state index < -0.39 is 25.9 Å². The molecule has 1 unspecified atom stereocenters. The predicted molar refractivity (Wildman–Crippen MR) is 102 cm³/mol. The molecule has 146 valence electrons. The number of carbonyl (C=O) groups excluding carboxylic acids is 1. The molecule has 10 heteroatoms. The van der Waals surface area contributed by atoms with Crippen LogP contribution in [0.1, 0.15) is 20.8 Å². The van der Waals surface area contributed by atoms with Crippen LogP contribution in [0.5, 0.6) is 0 Å². The van der Waals surface area contributed by atoms with Crippen LogP contribution in [0.4, 0.5) is 0 Å². The first-order valence-corrected chi connectivity index (χ1v) is 12.5. The number of carbonyl (C=O) groups is 1. The molecule has 0 radical (unpaired) electrons. The molecule has 0 saturated carbocycles. The fourth-order valence-corrected chi connectivity index (χ4v) is 6.45. The summed E-state index contributed by atoms with van der Waals surface area (Å²) in [6, 6.07) is 4.39. The van der Waals surface area contributed by atoms with Gasteiger partial charge in [0.15, 0.2) is 9.84 Å². The fraction of sp³-hybridized carbons (Fsp3) is 0.562. The Morgan fingerprint density at radius 3 is 2.31 bits per heavy atom. The number of hydrogen-bond donors (Lipinski definition) is 1. The second-order valence-electron chi connectivity index (χ2n) is 6.42. The normalized spacial score (nSPS) is 19.0. The maximum atomic E-state index is 12.9. The highest BCUT2D eigenvalue weighted by atomic mass is 32.2. The molecule has 1 aliphatic heterocycles. The number of benzene rings is 1. The summed E-state index contributed by atoms with van der Waals surface area (Å²) in [6.07, 6.45) is 0. The van der Waals surface area contributed by atoms with Gasteiger partial charge in [-0.3, -0.25) is 4.79 Å². The van der Waals surface area contributed by atoms with Gasteiger partial charge in [0.1, 0.15) is 6.04 Å². The lowest BCUT2D eigenvalue weighted by atomic mass is 10.2. The molecule has 1 fully saturated rings. The largest absolute Gasteiger partial charge is 0.354 e. The summed E-state index contributed by atoms with van der Waals surface area (Å²) < 4.78 is 50.7. The summed E-state index contributed by atoms with van der Waals surface area (Å²) >= 11 is 1.38. The Bertz CT molecular complexity index is 848. The average Bonchev–Trinajstić information content (AvgIpc) is 3.10. The van der Waals surface area contributed by atoms with Crippen LogP contribution in [0.2, 0.25) is 0 Å². The van der Waals surface area contributed by atoms with Gasteiger partial charge in [0.25, 0.3) is 0 Å². The van der Waals surface area contributed by atoms with E-state index in [1.54, 1.807) is 0 Å². The zero-order chi connectivity index (χ0) is 19.5. The van der Waals surface area contributed by atoms with Gasteiger partial charge in [0.2, 0.25) is 15.9 Å². The Labute approximate surface area is 159 Å². The van der Waals surface area contributed by atoms with Crippen molar-refractivity contribution in [2.24, 2.45) is 5.92 Å². The number of sulfonamides is 1. The summed E-state index contributed by atoms with van der Waals surface area (Å²) in [7, 11) is -7.28. The first kappa shape index (κ1) is 21.2. The van der Waals surface area contributed by atoms with Gasteiger partial charge in [-0.1, -0.05) is 20.8 Å². The molecule has 1 N–H and O–H groups in total. The fourth-order valence-electron chi connectivity index (χ4n) is 2.41. The van der Waals surface area contributed by atoms with Crippen LogP contribution in [0.3, 0.4) is 0 Å². The Morgan fingerprint density at radius 2 is 1.77 bits per heavy atom. The standard InChI is InChI=1S/C16H24N2O5S3/c1-4-25(20,21)13-5-7-14(8-6-13)26(22,23)18-11-24-10-15(18)16(19)17-9-12(2)3/h5-8,12,15H,4,9-11H2,1-3H3,(H,17,19). The Hall–Kier alpha value is -1.10. The number of amides is 1. The van der Waals surface area contributed by atoms with E-state index >= 15 is 0 Å². The van der Waals surface area contributed by atoms with E-state index in [2.05, 4.69) is 5.32 Å². The van der Waals surface area contributed by atoms with Crippen molar-refractivity contribution >= 4 is 37.5 Å². The SMILES string of the molecule is CCS(=O)(=O)c1ccc(S(=O)(=O)N2CSCC2C(=O)NCC(C)C)cc1. The number of rotatable bonds is 7. The third kappa shape index (κ3) is 4.59. The zero-order valence-corrected chi connectivity index (χ0v) is 17.5. The van der Waals surface area contributed by atoms with Crippen LogP contribution >= 0.6 is 11.8 Å². The minimum Gasteiger partial charge on any atom is -0.354 e. The lowest BCUT2D eigenvalue weighted by Gasteiger charge is -2.23. The van der Waals surface area contributed by atoms with Crippen LogP contribution in [0, 0.1) is 5.92 Å². The summed E-state index contributed by atoms with van der Waals surface area (Å²) in [6.45, 7) is 5.94. The molecule has 26 heavy (non-hydrogen) atoms. The summed E-state index contributed by atoms with van der Waals surface area (Å²) in [5.41, 5.74) is 0. The first-order chi connectivity index (χ1) is 12.1. The highest BCUT2D eigenvalue weighted by Crippen LogP contribution is 2.29. The highest BCUT2D eigenvalue weighted by Gasteiger charge is 2.40. The van der Waals surface area contributed by atoms with E-state index in [0.717, 1.165) is 0 Å². The van der Waals surface area contributed by atoms with Gasteiger partial charge in [-0.2, -0.15) is 4.31 Å². The molecule has 1 saturated heterocycles. The molecule has 1 aromatic rings. The minimum absolute atomic E-state index is 0.0169. The zero-order valence-electron chi connectivity index (χ0n) is 15.0. The Morgan fingerprint density at radius 1 is 1.19 bits per heavy atom. The lowest BCUT2D eigenvalue weighted by molar-refractivity contribution is -0.123. The van der Waals surface area contributed by atoms with Crippen molar-refractivity contribution in [3.8, 4) is 0 Å². The molecular weight excluding hydrogens is 396 g/mol. The van der Waals surface area contributed by atoms with Crippen molar-refractivity contribution < 1.29 is 21.6 Å². The second-order valence-corrected chi connectivity index (χ2v) is 11.6. The quantitative estimate of drug-likeness (QED) is 0.714. The number of thioether (sulfide) groups is 1. The topological polar surface area (TPSA) is 101 Å². The van der Waals surface area contributed by atoms with Crippen molar-refractivity contribution in [3.05, 3.63) is 24.3 Å². The van der Waals surface area contributed by atoms with Gasteiger partial charge in [-0.25, -0.2) is 16.8 Å². The van der Waals surface area contributed by atoms with Gasteiger partial charge in [-0.15, -0.1) is 11.8 Å². The van der Waals surface area contributed by atoms with Crippen molar-refractivity contribution in [1.82, 2.24) is 9.62 Å². The van der Waals surface area contributed by atoms with Gasteiger partial charge >= 0.3 is 0 Å². The number of nitrogens with one attached hydrogen (secondary N) is 1. The van der Waals surface area contributed by atoms with E-state index in [9.17, 15) is 21.6 Å². The smallest absolute Gasteiger partial charge is 0.244 e. The van der Waals surface area contributed by atoms with Crippen LogP contribution in [-0.2, 0) is 24.7 Å². The van der Waals surface area contributed by atoms with Gasteiger partial charge in [0, 0.05) is 12.3 Å². The monoisotopic (exact) mass is 420 g/mol. The number of hydrogen-bond acceptors (Lipinski definition) is 6. The van der Waals surface area contributed by atoms with Crippen LogP contribution in [0.15, 0.2) is 34.1 Å². The highest BCUT2D eigenvalue weighted by molar-refractivity contribution is 8.00. The van der Waals surface area contributed by atoms with E-state index in [1.807, 2.05) is 13.8 Å². The van der Waals surface area contributed by atoms with Crippen molar-refractivity contribution in [2.45, 2.75) is 36.6 Å². The maximum Gasteiger partial charge on any atom is 0.244 e. The van der Waals surface area contributed by atoms with Crippen molar-refractivity contribution in [2.75, 3.05) is 23.9 Å². The van der Waals surface area contributed by atoms with Crippen LogP contribution in [0.25, 0.3) is 0 Å². The third-order valence-electron chi connectivity index (χ3n) is 4.00. The molecule has 0 aliphatic carbocycles. The van der Waals surface area contributed by atoms with Crippen molar-refractivity contribution in [1.29, 1.82) is 0 Å². The molecule has 1 aromatic carbocycles. The molecule has 1 aliphatic rings. The summed E-state index contributed by atoms with van der Waals surface area (Å²) in [5, 5.41) is 2.78. The Balaban J connectivity index is 2.24. The van der Waals surface area contributed by atoms with Gasteiger partial charge in [-0.05, 0) is 30.2 Å². The third-order valence-corrected chi connectivity index (χ3v) is 8.79. The molecule has 0 spiro atoms. The molecule has 7 nitrogen and oxygen atoms in total. The van der Waals surface area contributed by atoms with E-state index in [0.29, 0.717) is 12.3 Å². The molecule has 1 heterocycles. The average molecular weight is 421 g/mol. The van der Waals surface area contributed by atoms with E-state index in [-0.39, 0.29) is 33.2 Å². The molecule has 0 aromatic heterocycles. The lowest BCUT2D eigenvalue weighted by Crippen LogP contribution is -2.47. The minimum atomic E-state index is -3.88. The molecule has 0 bridgehead atoms. The van der Waals surface area contributed by atoms with Gasteiger partial charge in [0.05, 0.1) is 21.4 Å². The molecular formula is C16H24N2O5S3. The number of sulfone groups is 1.